The lowest BCUT2D eigenvalue weighted by molar-refractivity contribution is 0.0695. The Kier molecular flexibility index (Phi) is 3.28. The van der Waals surface area contributed by atoms with Crippen LogP contribution >= 0.6 is 0 Å². The molecule has 1 aromatic carbocycles. The molecule has 0 atom stereocenters. The normalized spacial score (nSPS) is 10.6. The van der Waals surface area contributed by atoms with Crippen LogP contribution in [-0.4, -0.2) is 11.1 Å². The van der Waals surface area contributed by atoms with Crippen LogP contribution in [0.5, 0.6) is 0 Å². The molecule has 0 heterocycles. The van der Waals surface area contributed by atoms with Gasteiger partial charge in [0.15, 0.2) is 0 Å². The fourth-order valence-electron chi connectivity index (χ4n) is 1.51. The molecule has 0 aliphatic rings. The first-order valence-corrected chi connectivity index (χ1v) is 4.83. The van der Waals surface area contributed by atoms with Crippen molar-refractivity contribution in [3.63, 3.8) is 0 Å². The quantitative estimate of drug-likeness (QED) is 0.799. The minimum absolute atomic E-state index is 0.443. The molecule has 0 bridgehead atoms. The van der Waals surface area contributed by atoms with Gasteiger partial charge in [-0.3, -0.25) is 0 Å². The van der Waals surface area contributed by atoms with Crippen LogP contribution in [0.1, 0.15) is 35.3 Å². The van der Waals surface area contributed by atoms with Crippen LogP contribution in [0, 0.1) is 12.8 Å². The summed E-state index contributed by atoms with van der Waals surface area (Å²) in [7, 11) is 0. The van der Waals surface area contributed by atoms with Gasteiger partial charge in [-0.1, -0.05) is 31.5 Å². The van der Waals surface area contributed by atoms with Crippen molar-refractivity contribution in [1.29, 1.82) is 0 Å². The van der Waals surface area contributed by atoms with Crippen LogP contribution in [-0.2, 0) is 6.42 Å². The number of hydrogen-bond acceptors (Lipinski definition) is 1. The van der Waals surface area contributed by atoms with Gasteiger partial charge in [0.05, 0.1) is 5.56 Å². The molecule has 2 nitrogen and oxygen atoms in total. The molecule has 0 aromatic heterocycles. The molecule has 1 rings (SSSR count). The third-order valence-electron chi connectivity index (χ3n) is 2.12. The Morgan fingerprint density at radius 2 is 2.07 bits per heavy atom. The Labute approximate surface area is 84.6 Å². The van der Waals surface area contributed by atoms with Crippen LogP contribution in [0.3, 0.4) is 0 Å². The molecule has 0 unspecified atom stereocenters. The fourth-order valence-corrected chi connectivity index (χ4v) is 1.51. The summed E-state index contributed by atoms with van der Waals surface area (Å²) in [4.78, 5) is 11.0. The first-order valence-electron chi connectivity index (χ1n) is 4.83. The summed E-state index contributed by atoms with van der Waals surface area (Å²) in [5.41, 5.74) is 2.37. The van der Waals surface area contributed by atoms with Crippen molar-refractivity contribution >= 4 is 5.97 Å². The van der Waals surface area contributed by atoms with Crippen molar-refractivity contribution in [2.45, 2.75) is 27.2 Å². The smallest absolute Gasteiger partial charge is 0.335 e. The number of aromatic carboxylic acids is 1. The number of carbonyl (C=O) groups is 1. The molecule has 14 heavy (non-hydrogen) atoms. The van der Waals surface area contributed by atoms with E-state index in [4.69, 9.17) is 5.11 Å². The number of carboxylic acid groups (broad SMARTS) is 1. The Balaban J connectivity index is 3.08. The monoisotopic (exact) mass is 192 g/mol. The zero-order chi connectivity index (χ0) is 10.7. The molecule has 0 saturated heterocycles. The summed E-state index contributed by atoms with van der Waals surface area (Å²) >= 11 is 0. The number of aryl methyl sites for hydroxylation is 1. The molecule has 76 valence electrons. The van der Waals surface area contributed by atoms with Gasteiger partial charge in [0, 0.05) is 0 Å². The van der Waals surface area contributed by atoms with Crippen LogP contribution in [0.15, 0.2) is 18.2 Å². The third kappa shape index (κ3) is 2.59. The van der Waals surface area contributed by atoms with E-state index in [1.807, 2.05) is 19.1 Å². The van der Waals surface area contributed by atoms with Crippen LogP contribution < -0.4 is 0 Å². The Morgan fingerprint density at radius 1 is 1.43 bits per heavy atom. The van der Waals surface area contributed by atoms with E-state index in [-0.39, 0.29) is 0 Å². The second-order valence-electron chi connectivity index (χ2n) is 4.06. The predicted octanol–water partition coefficient (Wildman–Crippen LogP) is 2.89. The van der Waals surface area contributed by atoms with Crippen molar-refractivity contribution < 1.29 is 9.90 Å². The summed E-state index contributed by atoms with van der Waals surface area (Å²) < 4.78 is 0. The minimum Gasteiger partial charge on any atom is -0.478 e. The molecule has 0 amide bonds. The molecule has 2 heteroatoms. The van der Waals surface area contributed by atoms with E-state index in [1.54, 1.807) is 6.07 Å². The van der Waals surface area contributed by atoms with Crippen molar-refractivity contribution in [1.82, 2.24) is 0 Å². The Hall–Kier alpha value is -1.31. The lowest BCUT2D eigenvalue weighted by Crippen LogP contribution is -2.05. The average Bonchev–Trinajstić information content (AvgIpc) is 2.07. The van der Waals surface area contributed by atoms with Gasteiger partial charge in [-0.05, 0) is 30.9 Å². The zero-order valence-electron chi connectivity index (χ0n) is 8.87. The number of carboxylic acids is 1. The van der Waals surface area contributed by atoms with E-state index >= 15 is 0 Å². The van der Waals surface area contributed by atoms with Gasteiger partial charge in [-0.15, -0.1) is 0 Å². The van der Waals surface area contributed by atoms with Crippen LogP contribution in [0.2, 0.25) is 0 Å². The minimum atomic E-state index is -0.829. The lowest BCUT2D eigenvalue weighted by atomic mass is 9.96. The van der Waals surface area contributed by atoms with Gasteiger partial charge in [0.2, 0.25) is 0 Å². The maximum Gasteiger partial charge on any atom is 0.335 e. The van der Waals surface area contributed by atoms with Crippen LogP contribution in [0.4, 0.5) is 0 Å². The highest BCUT2D eigenvalue weighted by molar-refractivity contribution is 5.89. The van der Waals surface area contributed by atoms with E-state index in [1.165, 1.54) is 0 Å². The predicted molar refractivity (Wildman–Crippen MR) is 56.7 cm³/mol. The van der Waals surface area contributed by atoms with Crippen molar-refractivity contribution in [2.75, 3.05) is 0 Å². The molecule has 0 radical (unpaired) electrons. The van der Waals surface area contributed by atoms with E-state index < -0.39 is 5.97 Å². The maximum atomic E-state index is 11.0. The van der Waals surface area contributed by atoms with E-state index in [0.717, 1.165) is 17.5 Å². The first kappa shape index (κ1) is 10.8. The largest absolute Gasteiger partial charge is 0.478 e. The standard InChI is InChI=1S/C12H16O2/c1-8(2)6-10-5-4-9(3)7-11(10)12(13)14/h4-5,7-8H,6H2,1-3H3,(H,13,14). The van der Waals surface area contributed by atoms with Crippen molar-refractivity contribution in [3.05, 3.63) is 34.9 Å². The highest BCUT2D eigenvalue weighted by Crippen LogP contribution is 2.15. The average molecular weight is 192 g/mol. The van der Waals surface area contributed by atoms with Gasteiger partial charge < -0.3 is 5.11 Å². The van der Waals surface area contributed by atoms with Gasteiger partial charge in [-0.2, -0.15) is 0 Å². The molecular weight excluding hydrogens is 176 g/mol. The molecule has 0 aliphatic carbocycles. The van der Waals surface area contributed by atoms with Crippen molar-refractivity contribution in [3.8, 4) is 0 Å². The molecule has 0 fully saturated rings. The first-order chi connectivity index (χ1) is 6.50. The molecule has 1 N–H and O–H groups in total. The molecule has 1 aromatic rings. The number of hydrogen-bond donors (Lipinski definition) is 1. The molecule has 0 spiro atoms. The summed E-state index contributed by atoms with van der Waals surface area (Å²) in [6.07, 6.45) is 0.821. The Morgan fingerprint density at radius 3 is 2.57 bits per heavy atom. The van der Waals surface area contributed by atoms with Crippen LogP contribution in [0.25, 0.3) is 0 Å². The maximum absolute atomic E-state index is 11.0. The topological polar surface area (TPSA) is 37.3 Å². The van der Waals surface area contributed by atoms with Gasteiger partial charge in [-0.25, -0.2) is 4.79 Å². The number of rotatable bonds is 3. The Bertz CT molecular complexity index is 340. The summed E-state index contributed by atoms with van der Waals surface area (Å²) in [6, 6.07) is 5.61. The lowest BCUT2D eigenvalue weighted by Gasteiger charge is -2.09. The van der Waals surface area contributed by atoms with E-state index in [0.29, 0.717) is 11.5 Å². The summed E-state index contributed by atoms with van der Waals surface area (Å²) in [5, 5.41) is 9.00. The van der Waals surface area contributed by atoms with E-state index in [9.17, 15) is 4.79 Å². The van der Waals surface area contributed by atoms with Gasteiger partial charge in [0.25, 0.3) is 0 Å². The number of benzene rings is 1. The molecule has 0 aliphatic heterocycles. The van der Waals surface area contributed by atoms with E-state index in [2.05, 4.69) is 13.8 Å². The van der Waals surface area contributed by atoms with Crippen molar-refractivity contribution in [2.24, 2.45) is 5.92 Å². The highest BCUT2D eigenvalue weighted by atomic mass is 16.4. The zero-order valence-corrected chi connectivity index (χ0v) is 8.87. The highest BCUT2D eigenvalue weighted by Gasteiger charge is 2.10. The van der Waals surface area contributed by atoms with Gasteiger partial charge >= 0.3 is 5.97 Å². The van der Waals surface area contributed by atoms with Gasteiger partial charge in [0.1, 0.15) is 0 Å². The fraction of sp³-hybridized carbons (Fsp3) is 0.417. The second kappa shape index (κ2) is 4.27. The third-order valence-corrected chi connectivity index (χ3v) is 2.12. The summed E-state index contributed by atoms with van der Waals surface area (Å²) in [5.74, 6) is -0.347. The summed E-state index contributed by atoms with van der Waals surface area (Å²) in [6.45, 7) is 6.09. The molecule has 0 saturated carbocycles. The SMILES string of the molecule is Cc1ccc(CC(C)C)c(C(=O)O)c1. The molecular formula is C12H16O2. The second-order valence-corrected chi connectivity index (χ2v) is 4.06.